The Morgan fingerprint density at radius 1 is 1.13 bits per heavy atom. The van der Waals surface area contributed by atoms with Crippen LogP contribution in [0.2, 0.25) is 0 Å². The molecule has 3 heterocycles. The van der Waals surface area contributed by atoms with E-state index in [9.17, 15) is 13.2 Å². The maximum absolute atomic E-state index is 13.4. The molecule has 0 saturated carbocycles. The molecule has 0 amide bonds. The average molecular weight is 428 g/mol. The standard InChI is InChI=1S/C22H25N3O4S/c1-16-6-7-19(21(12-16)30(27,28)24-9-4-3-5-10-24)17-8-11-25-20(13-17)18(15-23-25)14-22(26)29-2/h6-8,11-13,15H,3-5,9-10,14H2,1-2H3. The van der Waals surface area contributed by atoms with Gasteiger partial charge < -0.3 is 4.74 Å². The molecule has 30 heavy (non-hydrogen) atoms. The molecule has 0 atom stereocenters. The molecule has 158 valence electrons. The molecule has 3 aromatic rings. The fourth-order valence-electron chi connectivity index (χ4n) is 3.89. The molecule has 4 rings (SSSR count). The number of hydrogen-bond acceptors (Lipinski definition) is 5. The summed E-state index contributed by atoms with van der Waals surface area (Å²) in [6, 6.07) is 9.25. The van der Waals surface area contributed by atoms with Gasteiger partial charge in [-0.3, -0.25) is 4.79 Å². The summed E-state index contributed by atoms with van der Waals surface area (Å²) >= 11 is 0. The van der Waals surface area contributed by atoms with E-state index in [1.54, 1.807) is 27.3 Å². The minimum Gasteiger partial charge on any atom is -0.469 e. The number of carbonyl (C=O) groups is 1. The van der Waals surface area contributed by atoms with E-state index in [1.807, 2.05) is 31.2 Å². The van der Waals surface area contributed by atoms with Crippen molar-refractivity contribution in [2.24, 2.45) is 0 Å². The van der Waals surface area contributed by atoms with E-state index < -0.39 is 10.0 Å². The third-order valence-electron chi connectivity index (χ3n) is 5.54. The van der Waals surface area contributed by atoms with Gasteiger partial charge in [0.25, 0.3) is 0 Å². The number of aryl methyl sites for hydroxylation is 1. The van der Waals surface area contributed by atoms with Gasteiger partial charge >= 0.3 is 5.97 Å². The van der Waals surface area contributed by atoms with Crippen LogP contribution < -0.4 is 0 Å². The van der Waals surface area contributed by atoms with E-state index in [-0.39, 0.29) is 12.4 Å². The highest BCUT2D eigenvalue weighted by Gasteiger charge is 2.28. The summed E-state index contributed by atoms with van der Waals surface area (Å²) in [4.78, 5) is 12.1. The molecular weight excluding hydrogens is 402 g/mol. The number of rotatable bonds is 5. The summed E-state index contributed by atoms with van der Waals surface area (Å²) in [5.41, 5.74) is 3.80. The van der Waals surface area contributed by atoms with Crippen LogP contribution in [0.3, 0.4) is 0 Å². The molecule has 7 nitrogen and oxygen atoms in total. The van der Waals surface area contributed by atoms with Crippen LogP contribution in [-0.2, 0) is 26.0 Å². The van der Waals surface area contributed by atoms with Gasteiger partial charge in [0.05, 0.1) is 30.1 Å². The SMILES string of the molecule is COC(=O)Cc1cnn2ccc(-c3ccc(C)cc3S(=O)(=O)N3CCCCC3)cc12. The largest absolute Gasteiger partial charge is 0.469 e. The van der Waals surface area contributed by atoms with Crippen LogP contribution in [0.15, 0.2) is 47.6 Å². The van der Waals surface area contributed by atoms with E-state index in [4.69, 9.17) is 4.74 Å². The number of methoxy groups -OCH3 is 1. The van der Waals surface area contributed by atoms with Crippen LogP contribution in [0.5, 0.6) is 0 Å². The van der Waals surface area contributed by atoms with Crippen LogP contribution in [0, 0.1) is 6.92 Å². The number of sulfonamides is 1. The second-order valence-electron chi connectivity index (χ2n) is 7.63. The lowest BCUT2D eigenvalue weighted by molar-refractivity contribution is -0.139. The monoisotopic (exact) mass is 427 g/mol. The molecule has 1 fully saturated rings. The maximum atomic E-state index is 13.4. The maximum Gasteiger partial charge on any atom is 0.310 e. The zero-order valence-corrected chi connectivity index (χ0v) is 18.0. The summed E-state index contributed by atoms with van der Waals surface area (Å²) in [5, 5.41) is 4.28. The molecule has 0 spiro atoms. The molecule has 1 aliphatic rings. The summed E-state index contributed by atoms with van der Waals surface area (Å²) < 4.78 is 34.9. The molecule has 1 saturated heterocycles. The first-order chi connectivity index (χ1) is 14.4. The van der Waals surface area contributed by atoms with Crippen molar-refractivity contribution in [3.05, 3.63) is 53.9 Å². The predicted molar refractivity (Wildman–Crippen MR) is 114 cm³/mol. The first-order valence-electron chi connectivity index (χ1n) is 10.0. The second kappa shape index (κ2) is 8.20. The Kier molecular flexibility index (Phi) is 5.62. The van der Waals surface area contributed by atoms with E-state index in [1.165, 1.54) is 7.11 Å². The lowest BCUT2D eigenvalue weighted by atomic mass is 10.0. The Morgan fingerprint density at radius 3 is 2.63 bits per heavy atom. The number of fused-ring (bicyclic) bond motifs is 1. The van der Waals surface area contributed by atoms with Crippen molar-refractivity contribution < 1.29 is 17.9 Å². The molecule has 0 bridgehead atoms. The average Bonchev–Trinajstić information content (AvgIpc) is 3.16. The molecule has 0 aliphatic carbocycles. The third kappa shape index (κ3) is 3.85. The van der Waals surface area contributed by atoms with Crippen molar-refractivity contribution in [1.29, 1.82) is 0 Å². The van der Waals surface area contributed by atoms with Gasteiger partial charge in [0, 0.05) is 30.4 Å². The van der Waals surface area contributed by atoms with Crippen molar-refractivity contribution in [1.82, 2.24) is 13.9 Å². The van der Waals surface area contributed by atoms with Crippen molar-refractivity contribution in [2.45, 2.75) is 37.5 Å². The molecular formula is C22H25N3O4S. The van der Waals surface area contributed by atoms with Crippen molar-refractivity contribution in [3.63, 3.8) is 0 Å². The van der Waals surface area contributed by atoms with Crippen LogP contribution in [-0.4, -0.2) is 48.5 Å². The Hall–Kier alpha value is -2.71. The third-order valence-corrected chi connectivity index (χ3v) is 7.48. The highest BCUT2D eigenvalue weighted by Crippen LogP contribution is 2.32. The molecule has 1 aromatic carbocycles. The van der Waals surface area contributed by atoms with Gasteiger partial charge in [0.15, 0.2) is 0 Å². The minimum atomic E-state index is -3.60. The van der Waals surface area contributed by atoms with Gasteiger partial charge in [-0.05, 0) is 49.1 Å². The summed E-state index contributed by atoms with van der Waals surface area (Å²) in [7, 11) is -2.25. The van der Waals surface area contributed by atoms with Gasteiger partial charge in [-0.15, -0.1) is 0 Å². The summed E-state index contributed by atoms with van der Waals surface area (Å²) in [6.07, 6.45) is 6.36. The lowest BCUT2D eigenvalue weighted by Gasteiger charge is -2.27. The fourth-order valence-corrected chi connectivity index (χ4v) is 5.70. The Balaban J connectivity index is 1.82. The van der Waals surface area contributed by atoms with Gasteiger partial charge in [-0.25, -0.2) is 12.9 Å². The predicted octanol–water partition coefficient (Wildman–Crippen LogP) is 3.20. The van der Waals surface area contributed by atoms with Crippen molar-refractivity contribution >= 4 is 21.5 Å². The minimum absolute atomic E-state index is 0.107. The van der Waals surface area contributed by atoms with Crippen LogP contribution in [0.25, 0.3) is 16.6 Å². The van der Waals surface area contributed by atoms with Crippen LogP contribution in [0.1, 0.15) is 30.4 Å². The van der Waals surface area contributed by atoms with E-state index in [2.05, 4.69) is 5.10 Å². The molecule has 0 radical (unpaired) electrons. The number of esters is 1. The second-order valence-corrected chi connectivity index (χ2v) is 9.54. The zero-order valence-electron chi connectivity index (χ0n) is 17.2. The van der Waals surface area contributed by atoms with Crippen LogP contribution in [0.4, 0.5) is 0 Å². The number of benzene rings is 1. The number of hydrogen-bond donors (Lipinski definition) is 0. The Bertz CT molecular complexity index is 1190. The topological polar surface area (TPSA) is 81.0 Å². The Morgan fingerprint density at radius 2 is 1.90 bits per heavy atom. The highest BCUT2D eigenvalue weighted by atomic mass is 32.2. The molecule has 0 N–H and O–H groups in total. The van der Waals surface area contributed by atoms with Gasteiger partial charge in [-0.1, -0.05) is 18.6 Å². The van der Waals surface area contributed by atoms with E-state index in [0.717, 1.165) is 41.5 Å². The molecule has 8 heteroatoms. The highest BCUT2D eigenvalue weighted by molar-refractivity contribution is 7.89. The van der Waals surface area contributed by atoms with E-state index in [0.29, 0.717) is 23.5 Å². The number of ether oxygens (including phenoxy) is 1. The first kappa shape index (κ1) is 20.6. The van der Waals surface area contributed by atoms with E-state index >= 15 is 0 Å². The lowest BCUT2D eigenvalue weighted by Crippen LogP contribution is -2.35. The quantitative estimate of drug-likeness (QED) is 0.584. The number of pyridine rings is 1. The molecule has 2 aromatic heterocycles. The smallest absolute Gasteiger partial charge is 0.310 e. The Labute approximate surface area is 176 Å². The van der Waals surface area contributed by atoms with Gasteiger partial charge in [0.2, 0.25) is 10.0 Å². The number of carbonyl (C=O) groups excluding carboxylic acids is 1. The summed E-state index contributed by atoms with van der Waals surface area (Å²) in [6.45, 7) is 3.01. The number of nitrogens with zero attached hydrogens (tertiary/aromatic N) is 3. The first-order valence-corrected chi connectivity index (χ1v) is 11.5. The van der Waals surface area contributed by atoms with Gasteiger partial charge in [0.1, 0.15) is 0 Å². The normalized spacial score (nSPS) is 15.4. The molecule has 0 unspecified atom stereocenters. The van der Waals surface area contributed by atoms with Crippen molar-refractivity contribution in [3.8, 4) is 11.1 Å². The number of aromatic nitrogens is 2. The zero-order chi connectivity index (χ0) is 21.3. The fraction of sp³-hybridized carbons (Fsp3) is 0.364. The molecule has 1 aliphatic heterocycles. The van der Waals surface area contributed by atoms with Gasteiger partial charge in [-0.2, -0.15) is 9.40 Å². The van der Waals surface area contributed by atoms with Crippen LogP contribution >= 0.6 is 0 Å². The summed E-state index contributed by atoms with van der Waals surface area (Å²) in [5.74, 6) is -0.348. The number of piperidine rings is 1. The van der Waals surface area contributed by atoms with Crippen molar-refractivity contribution in [2.75, 3.05) is 20.2 Å².